The Morgan fingerprint density at radius 3 is 2.36 bits per heavy atom. The predicted octanol–water partition coefficient (Wildman–Crippen LogP) is 4.05. The summed E-state index contributed by atoms with van der Waals surface area (Å²) in [6.07, 6.45) is 6.30. The molecule has 174 valence electrons. The molecule has 2 aliphatic rings. The van der Waals surface area contributed by atoms with E-state index in [1.165, 1.54) is 12.8 Å². The zero-order chi connectivity index (χ0) is 22.8. The molecule has 2 aromatic heterocycles. The van der Waals surface area contributed by atoms with Crippen LogP contribution in [0.5, 0.6) is 0 Å². The summed E-state index contributed by atoms with van der Waals surface area (Å²) in [5.74, 6) is 2.25. The largest absolute Gasteiger partial charge is 0.393 e. The van der Waals surface area contributed by atoms with Crippen LogP contribution >= 0.6 is 0 Å². The molecule has 0 radical (unpaired) electrons. The van der Waals surface area contributed by atoms with E-state index in [1.807, 2.05) is 6.07 Å². The molecule has 0 spiro atoms. The number of hydrogen-bond donors (Lipinski definition) is 4. The first-order valence-electron chi connectivity index (χ1n) is 11.5. The predicted molar refractivity (Wildman–Crippen MR) is 126 cm³/mol. The lowest BCUT2D eigenvalue weighted by Gasteiger charge is -2.26. The van der Waals surface area contributed by atoms with E-state index in [4.69, 9.17) is 0 Å². The van der Waals surface area contributed by atoms with E-state index in [2.05, 4.69) is 25.8 Å². The Morgan fingerprint density at radius 1 is 0.909 bits per heavy atom. The molecule has 2 heterocycles. The molecule has 2 fully saturated rings. The van der Waals surface area contributed by atoms with Crippen LogP contribution in [0.2, 0.25) is 0 Å². The molecule has 0 amide bonds. The summed E-state index contributed by atoms with van der Waals surface area (Å²) in [4.78, 5) is 5.03. The summed E-state index contributed by atoms with van der Waals surface area (Å²) in [5, 5.41) is 23.7. The van der Waals surface area contributed by atoms with Crippen molar-refractivity contribution in [3.05, 3.63) is 54.2 Å². The zero-order valence-corrected chi connectivity index (χ0v) is 19.2. The minimum absolute atomic E-state index is 0.138. The molecule has 4 N–H and O–H groups in total. The quantitative estimate of drug-likeness (QED) is 0.394. The van der Waals surface area contributed by atoms with Crippen LogP contribution in [-0.4, -0.2) is 40.9 Å². The number of anilines is 3. The molecule has 2 saturated carbocycles. The molecule has 0 atom stereocenters. The second kappa shape index (κ2) is 9.15. The van der Waals surface area contributed by atoms with Gasteiger partial charge in [-0.2, -0.15) is 5.10 Å². The Kier molecular flexibility index (Phi) is 6.07. The van der Waals surface area contributed by atoms with Crippen LogP contribution in [0, 0.1) is 5.92 Å². The highest BCUT2D eigenvalue weighted by atomic mass is 32.2. The van der Waals surface area contributed by atoms with Gasteiger partial charge in [-0.1, -0.05) is 18.2 Å². The van der Waals surface area contributed by atoms with Crippen molar-refractivity contribution >= 4 is 27.3 Å². The summed E-state index contributed by atoms with van der Waals surface area (Å²) < 4.78 is 26.6. The van der Waals surface area contributed by atoms with Crippen molar-refractivity contribution in [3.63, 3.8) is 0 Å². The van der Waals surface area contributed by atoms with Gasteiger partial charge >= 0.3 is 0 Å². The van der Waals surface area contributed by atoms with Crippen molar-refractivity contribution in [1.82, 2.24) is 15.2 Å². The third kappa shape index (κ3) is 5.36. The zero-order valence-electron chi connectivity index (χ0n) is 18.4. The second-order valence-electron chi connectivity index (χ2n) is 9.09. The third-order valence-electron chi connectivity index (χ3n) is 6.30. The lowest BCUT2D eigenvalue weighted by Crippen LogP contribution is -2.28. The summed E-state index contributed by atoms with van der Waals surface area (Å²) in [5.41, 5.74) is 1.06. The molecular formula is C24H29N5O3S. The highest BCUT2D eigenvalue weighted by Gasteiger charge is 2.24. The van der Waals surface area contributed by atoms with E-state index in [-0.39, 0.29) is 21.9 Å². The van der Waals surface area contributed by atoms with E-state index in [1.54, 1.807) is 42.5 Å². The van der Waals surface area contributed by atoms with Gasteiger partial charge in [0.25, 0.3) is 0 Å². The molecular weight excluding hydrogens is 438 g/mol. The molecule has 5 rings (SSSR count). The number of H-pyrrole nitrogens is 1. The van der Waals surface area contributed by atoms with Crippen LogP contribution in [0.15, 0.2) is 58.3 Å². The monoisotopic (exact) mass is 467 g/mol. The van der Waals surface area contributed by atoms with Gasteiger partial charge in [0.15, 0.2) is 5.82 Å². The molecule has 0 aliphatic heterocycles. The molecule has 9 heteroatoms. The van der Waals surface area contributed by atoms with Crippen LogP contribution in [0.4, 0.5) is 17.5 Å². The number of hydrogen-bond acceptors (Lipinski definition) is 7. The van der Waals surface area contributed by atoms with Gasteiger partial charge in [-0.05, 0) is 69.1 Å². The number of aromatic amines is 1. The van der Waals surface area contributed by atoms with Crippen LogP contribution in [0.1, 0.15) is 44.2 Å². The summed E-state index contributed by atoms with van der Waals surface area (Å²) in [6, 6.07) is 13.6. The summed E-state index contributed by atoms with van der Waals surface area (Å²) >= 11 is 0. The van der Waals surface area contributed by atoms with Gasteiger partial charge in [0, 0.05) is 23.9 Å². The number of aliphatic hydroxyl groups excluding tert-OH is 1. The SMILES string of the molecule is O=S(=O)(c1ccccc1)c1cc(Nc2cc(CC3CC3)[nH]n2)nc(N[C@H]2CC[C@H](O)CC2)c1. The maximum Gasteiger partial charge on any atom is 0.206 e. The number of benzene rings is 1. The first-order valence-corrected chi connectivity index (χ1v) is 13.0. The molecule has 8 nitrogen and oxygen atoms in total. The van der Waals surface area contributed by atoms with Gasteiger partial charge in [0.05, 0.1) is 15.9 Å². The first-order chi connectivity index (χ1) is 16.0. The fourth-order valence-electron chi connectivity index (χ4n) is 4.26. The molecule has 1 aromatic carbocycles. The van der Waals surface area contributed by atoms with Crippen LogP contribution < -0.4 is 10.6 Å². The first kappa shape index (κ1) is 21.9. The van der Waals surface area contributed by atoms with Crippen molar-refractivity contribution in [3.8, 4) is 0 Å². The maximum atomic E-state index is 13.3. The Labute approximate surface area is 193 Å². The summed E-state index contributed by atoms with van der Waals surface area (Å²) in [6.45, 7) is 0. The topological polar surface area (TPSA) is 120 Å². The number of pyridine rings is 1. The fraction of sp³-hybridized carbons (Fsp3) is 0.417. The van der Waals surface area contributed by atoms with Gasteiger partial charge < -0.3 is 15.7 Å². The van der Waals surface area contributed by atoms with Gasteiger partial charge in [-0.25, -0.2) is 13.4 Å². The summed E-state index contributed by atoms with van der Waals surface area (Å²) in [7, 11) is -3.72. The Morgan fingerprint density at radius 2 is 1.64 bits per heavy atom. The number of rotatable bonds is 8. The minimum atomic E-state index is -3.72. The molecule has 2 aliphatic carbocycles. The van der Waals surface area contributed by atoms with Gasteiger partial charge in [0.1, 0.15) is 11.6 Å². The third-order valence-corrected chi connectivity index (χ3v) is 8.05. The second-order valence-corrected chi connectivity index (χ2v) is 11.0. The Hall–Kier alpha value is -2.91. The lowest BCUT2D eigenvalue weighted by molar-refractivity contribution is 0.126. The average molecular weight is 468 g/mol. The van der Waals surface area contributed by atoms with Crippen molar-refractivity contribution in [2.24, 2.45) is 5.92 Å². The highest BCUT2D eigenvalue weighted by Crippen LogP contribution is 2.33. The number of nitrogens with one attached hydrogen (secondary N) is 3. The van der Waals surface area contributed by atoms with E-state index >= 15 is 0 Å². The number of aromatic nitrogens is 3. The van der Waals surface area contributed by atoms with E-state index in [0.717, 1.165) is 43.7 Å². The molecule has 3 aromatic rings. The number of sulfone groups is 1. The highest BCUT2D eigenvalue weighted by molar-refractivity contribution is 7.91. The van der Waals surface area contributed by atoms with Gasteiger partial charge in [-0.15, -0.1) is 0 Å². The average Bonchev–Trinajstić information content (AvgIpc) is 3.53. The van der Waals surface area contributed by atoms with Crippen molar-refractivity contribution in [2.45, 2.75) is 66.9 Å². The standard InChI is InChI=1S/C24H29N5O3S/c30-19-10-8-17(9-11-19)25-22-14-21(33(31,32)20-4-2-1-3-5-20)15-23(26-22)27-24-13-18(28-29-24)12-16-6-7-16/h1-5,13-17,19,30H,6-12H2,(H3,25,26,27,28,29)/t17-,19-. The smallest absolute Gasteiger partial charge is 0.206 e. The van der Waals surface area contributed by atoms with Crippen LogP contribution in [0.25, 0.3) is 0 Å². The fourth-order valence-corrected chi connectivity index (χ4v) is 5.58. The number of nitrogens with zero attached hydrogens (tertiary/aromatic N) is 2. The van der Waals surface area contributed by atoms with Crippen LogP contribution in [-0.2, 0) is 16.3 Å². The Balaban J connectivity index is 1.43. The molecule has 0 unspecified atom stereocenters. The van der Waals surface area contributed by atoms with E-state index in [0.29, 0.717) is 17.5 Å². The minimum Gasteiger partial charge on any atom is -0.393 e. The lowest BCUT2D eigenvalue weighted by atomic mass is 9.93. The van der Waals surface area contributed by atoms with Crippen molar-refractivity contribution in [1.29, 1.82) is 0 Å². The molecule has 33 heavy (non-hydrogen) atoms. The number of aliphatic hydroxyl groups is 1. The maximum absolute atomic E-state index is 13.3. The normalized spacial score (nSPS) is 21.0. The van der Waals surface area contributed by atoms with E-state index < -0.39 is 9.84 Å². The van der Waals surface area contributed by atoms with Crippen molar-refractivity contribution in [2.75, 3.05) is 10.6 Å². The Bertz CT molecular complexity index is 1200. The van der Waals surface area contributed by atoms with Gasteiger partial charge in [0.2, 0.25) is 9.84 Å². The van der Waals surface area contributed by atoms with E-state index in [9.17, 15) is 13.5 Å². The molecule has 0 saturated heterocycles. The van der Waals surface area contributed by atoms with Gasteiger partial charge in [-0.3, -0.25) is 5.10 Å². The molecule has 0 bridgehead atoms. The van der Waals surface area contributed by atoms with Crippen LogP contribution in [0.3, 0.4) is 0 Å². The van der Waals surface area contributed by atoms with Crippen molar-refractivity contribution < 1.29 is 13.5 Å².